The number of hydrogen-bond acceptors (Lipinski definition) is 5. The summed E-state index contributed by atoms with van der Waals surface area (Å²) in [6.07, 6.45) is 0. The number of nitrogens with two attached hydrogens (primary N) is 1. The number of nitrogen functional groups attached to an aromatic ring is 1. The van der Waals surface area contributed by atoms with Gasteiger partial charge in [0.25, 0.3) is 0 Å². The van der Waals surface area contributed by atoms with E-state index >= 15 is 0 Å². The molecule has 1 heterocycles. The largest absolute Gasteiger partial charge is 0.379 e. The summed E-state index contributed by atoms with van der Waals surface area (Å²) in [4.78, 5) is 6.55. The minimum atomic E-state index is -4.17. The van der Waals surface area contributed by atoms with E-state index in [1.807, 2.05) is 0 Å². The summed E-state index contributed by atoms with van der Waals surface area (Å²) in [5, 5.41) is -0.0322. The lowest BCUT2D eigenvalue weighted by Gasteiger charge is -2.09. The first kappa shape index (κ1) is 15.0. The van der Waals surface area contributed by atoms with Gasteiger partial charge in [-0.05, 0) is 24.3 Å². The normalized spacial score (nSPS) is 11.7. The fourth-order valence-electron chi connectivity index (χ4n) is 1.95. The number of rotatable bonds is 3. The number of anilines is 1. The lowest BCUT2D eigenvalue weighted by Crippen LogP contribution is -2.11. The Morgan fingerprint density at radius 3 is 2.50 bits per heavy atom. The average molecular weight is 358 g/mol. The molecule has 0 amide bonds. The maximum atomic E-state index is 12.3. The Balaban J connectivity index is 2.02. The molecule has 3 N–H and O–H groups in total. The molecular formula is C13H9Cl2N3O3S. The first-order chi connectivity index (χ1) is 10.4. The van der Waals surface area contributed by atoms with Gasteiger partial charge in [-0.2, -0.15) is 8.42 Å². The van der Waals surface area contributed by atoms with E-state index in [1.54, 1.807) is 12.1 Å². The van der Waals surface area contributed by atoms with Crippen molar-refractivity contribution in [3.63, 3.8) is 0 Å². The third kappa shape index (κ3) is 2.70. The van der Waals surface area contributed by atoms with Crippen molar-refractivity contribution in [1.29, 1.82) is 0 Å². The van der Waals surface area contributed by atoms with Crippen molar-refractivity contribution in [3.05, 3.63) is 46.4 Å². The minimum Gasteiger partial charge on any atom is -0.379 e. The molecule has 0 unspecified atom stereocenters. The van der Waals surface area contributed by atoms with Crippen LogP contribution in [0.1, 0.15) is 0 Å². The zero-order valence-electron chi connectivity index (χ0n) is 10.9. The van der Waals surface area contributed by atoms with E-state index in [9.17, 15) is 8.42 Å². The van der Waals surface area contributed by atoms with Gasteiger partial charge < -0.3 is 14.9 Å². The van der Waals surface area contributed by atoms with Gasteiger partial charge >= 0.3 is 10.1 Å². The molecule has 0 spiro atoms. The van der Waals surface area contributed by atoms with E-state index in [2.05, 4.69) is 9.97 Å². The molecule has 2 aromatic carbocycles. The Labute approximate surface area is 135 Å². The van der Waals surface area contributed by atoms with Gasteiger partial charge in [0.15, 0.2) is 5.95 Å². The number of imidazole rings is 1. The lowest BCUT2D eigenvalue weighted by molar-refractivity contribution is 0.486. The maximum Gasteiger partial charge on any atom is 0.342 e. The number of halogens is 2. The molecule has 0 fully saturated rings. The summed E-state index contributed by atoms with van der Waals surface area (Å²) in [6, 6.07) is 8.91. The molecule has 22 heavy (non-hydrogen) atoms. The van der Waals surface area contributed by atoms with Crippen LogP contribution in [0, 0.1) is 0 Å². The van der Waals surface area contributed by atoms with Crippen LogP contribution in [-0.4, -0.2) is 18.4 Å². The van der Waals surface area contributed by atoms with Gasteiger partial charge in [0.2, 0.25) is 0 Å². The Morgan fingerprint density at radius 1 is 1.14 bits per heavy atom. The van der Waals surface area contributed by atoms with Crippen molar-refractivity contribution < 1.29 is 12.6 Å². The van der Waals surface area contributed by atoms with Gasteiger partial charge in [-0.25, -0.2) is 4.98 Å². The molecule has 0 radical (unpaired) electrons. The second kappa shape index (κ2) is 5.35. The molecule has 0 aliphatic heterocycles. The first-order valence-electron chi connectivity index (χ1n) is 6.00. The van der Waals surface area contributed by atoms with Crippen molar-refractivity contribution in [1.82, 2.24) is 9.97 Å². The second-order valence-electron chi connectivity index (χ2n) is 4.39. The van der Waals surface area contributed by atoms with E-state index in [4.69, 9.17) is 33.1 Å². The molecule has 1 aromatic heterocycles. The Morgan fingerprint density at radius 2 is 1.82 bits per heavy atom. The molecule has 0 saturated carbocycles. The molecule has 0 aliphatic rings. The standard InChI is InChI=1S/C13H9Cl2N3O3S/c14-8-2-1-3-9(15)12(8)22(19,20)21-7-4-5-10-11(6-7)18-13(16)17-10/h1-6H,(H3,16,17,18). The van der Waals surface area contributed by atoms with Crippen LogP contribution in [0.5, 0.6) is 5.75 Å². The minimum absolute atomic E-state index is 0.0161. The van der Waals surface area contributed by atoms with Crippen LogP contribution in [0.2, 0.25) is 10.0 Å². The lowest BCUT2D eigenvalue weighted by atomic mass is 10.3. The van der Waals surface area contributed by atoms with Crippen molar-refractivity contribution >= 4 is 50.3 Å². The van der Waals surface area contributed by atoms with Gasteiger partial charge in [-0.3, -0.25) is 0 Å². The predicted octanol–water partition coefficient (Wildman–Crippen LogP) is 3.22. The quantitative estimate of drug-likeness (QED) is 0.701. The van der Waals surface area contributed by atoms with E-state index in [0.717, 1.165) is 0 Å². The summed E-state index contributed by atoms with van der Waals surface area (Å²) in [5.41, 5.74) is 6.68. The molecule has 3 aromatic rings. The summed E-state index contributed by atoms with van der Waals surface area (Å²) in [6.45, 7) is 0. The van der Waals surface area contributed by atoms with Crippen LogP contribution < -0.4 is 9.92 Å². The van der Waals surface area contributed by atoms with E-state index < -0.39 is 10.1 Å². The Hall–Kier alpha value is -1.96. The number of nitrogens with zero attached hydrogens (tertiary/aromatic N) is 1. The van der Waals surface area contributed by atoms with Gasteiger partial charge in [0.1, 0.15) is 10.6 Å². The Bertz CT molecular complexity index is 950. The summed E-state index contributed by atoms with van der Waals surface area (Å²) in [7, 11) is -4.17. The van der Waals surface area contributed by atoms with Crippen LogP contribution in [0.25, 0.3) is 11.0 Å². The third-order valence-corrected chi connectivity index (χ3v) is 5.05. The number of fused-ring (bicyclic) bond motifs is 1. The average Bonchev–Trinajstić information content (AvgIpc) is 2.77. The molecule has 3 rings (SSSR count). The number of nitrogens with one attached hydrogen (secondary N) is 1. The van der Waals surface area contributed by atoms with Crippen LogP contribution >= 0.6 is 23.2 Å². The number of H-pyrrole nitrogens is 1. The molecule has 114 valence electrons. The molecule has 0 atom stereocenters. The number of benzene rings is 2. The Kier molecular flexibility index (Phi) is 3.64. The van der Waals surface area contributed by atoms with Gasteiger partial charge in [-0.15, -0.1) is 0 Å². The first-order valence-corrected chi connectivity index (χ1v) is 8.17. The van der Waals surface area contributed by atoms with Crippen molar-refractivity contribution in [2.45, 2.75) is 4.90 Å². The van der Waals surface area contributed by atoms with Crippen molar-refractivity contribution in [2.75, 3.05) is 5.73 Å². The molecule has 0 saturated heterocycles. The fraction of sp³-hybridized carbons (Fsp3) is 0. The van der Waals surface area contributed by atoms with Crippen LogP contribution in [-0.2, 0) is 10.1 Å². The van der Waals surface area contributed by atoms with Gasteiger partial charge in [-0.1, -0.05) is 29.3 Å². The highest BCUT2D eigenvalue weighted by Gasteiger charge is 2.24. The van der Waals surface area contributed by atoms with Crippen molar-refractivity contribution in [3.8, 4) is 5.75 Å². The summed E-state index contributed by atoms with van der Waals surface area (Å²) < 4.78 is 29.8. The van der Waals surface area contributed by atoms with E-state index in [1.165, 1.54) is 24.3 Å². The zero-order valence-corrected chi connectivity index (χ0v) is 13.2. The van der Waals surface area contributed by atoms with E-state index in [-0.39, 0.29) is 26.6 Å². The molecule has 0 aliphatic carbocycles. The highest BCUT2D eigenvalue weighted by Crippen LogP contribution is 2.31. The van der Waals surface area contributed by atoms with Crippen LogP contribution in [0.15, 0.2) is 41.3 Å². The van der Waals surface area contributed by atoms with Crippen LogP contribution in [0.3, 0.4) is 0 Å². The highest BCUT2D eigenvalue weighted by molar-refractivity contribution is 7.87. The fourth-order valence-corrected chi connectivity index (χ4v) is 3.97. The second-order valence-corrected chi connectivity index (χ2v) is 6.69. The van der Waals surface area contributed by atoms with E-state index in [0.29, 0.717) is 11.0 Å². The van der Waals surface area contributed by atoms with Crippen molar-refractivity contribution in [2.24, 2.45) is 0 Å². The molecule has 9 heteroatoms. The maximum absolute atomic E-state index is 12.3. The smallest absolute Gasteiger partial charge is 0.342 e. The number of aromatic amines is 1. The zero-order chi connectivity index (χ0) is 15.9. The SMILES string of the molecule is Nc1nc2cc(OS(=O)(=O)c3c(Cl)cccc3Cl)ccc2[nH]1. The molecule has 0 bridgehead atoms. The van der Waals surface area contributed by atoms with Gasteiger partial charge in [0, 0.05) is 6.07 Å². The molecule has 6 nitrogen and oxygen atoms in total. The van der Waals surface area contributed by atoms with Gasteiger partial charge in [0.05, 0.1) is 21.1 Å². The topological polar surface area (TPSA) is 98.1 Å². The van der Waals surface area contributed by atoms with Crippen LogP contribution in [0.4, 0.5) is 5.95 Å². The summed E-state index contributed by atoms with van der Waals surface area (Å²) >= 11 is 11.8. The summed E-state index contributed by atoms with van der Waals surface area (Å²) in [5.74, 6) is 0.305. The third-order valence-electron chi connectivity index (χ3n) is 2.85. The monoisotopic (exact) mass is 357 g/mol. The number of aromatic nitrogens is 2. The molecular weight excluding hydrogens is 349 g/mol. The predicted molar refractivity (Wildman–Crippen MR) is 84.8 cm³/mol. The highest BCUT2D eigenvalue weighted by atomic mass is 35.5. The number of hydrogen-bond donors (Lipinski definition) is 2.